The van der Waals surface area contributed by atoms with Gasteiger partial charge in [0.25, 0.3) is 0 Å². The average molecular weight is 771 g/mol. The summed E-state index contributed by atoms with van der Waals surface area (Å²) in [6, 6.07) is 10.1. The molecule has 1 saturated heterocycles. The van der Waals surface area contributed by atoms with E-state index in [0.29, 0.717) is 42.9 Å². The van der Waals surface area contributed by atoms with Crippen molar-refractivity contribution in [3.05, 3.63) is 76.1 Å². The van der Waals surface area contributed by atoms with Gasteiger partial charge < -0.3 is 10.6 Å². The van der Waals surface area contributed by atoms with Crippen LogP contribution in [0.15, 0.2) is 48.0 Å². The van der Waals surface area contributed by atoms with Gasteiger partial charge in [0.05, 0.1) is 5.56 Å². The van der Waals surface area contributed by atoms with Crippen LogP contribution < -0.4 is 10.6 Å². The lowest BCUT2D eigenvalue weighted by molar-refractivity contribution is -0.139. The van der Waals surface area contributed by atoms with Crippen LogP contribution in [0, 0.1) is 35.4 Å². The number of thioether (sulfide) groups is 1. The van der Waals surface area contributed by atoms with Crippen LogP contribution in [0.2, 0.25) is 0 Å². The van der Waals surface area contributed by atoms with Crippen LogP contribution in [-0.2, 0) is 38.2 Å². The predicted octanol–water partition coefficient (Wildman–Crippen LogP) is 8.94. The van der Waals surface area contributed by atoms with Crippen molar-refractivity contribution >= 4 is 40.7 Å². The molecule has 0 spiro atoms. The third-order valence-electron chi connectivity index (χ3n) is 12.3. The van der Waals surface area contributed by atoms with Gasteiger partial charge >= 0.3 is 6.18 Å². The predicted molar refractivity (Wildman–Crippen MR) is 205 cm³/mol. The summed E-state index contributed by atoms with van der Waals surface area (Å²) in [5, 5.41) is 6.21. The minimum atomic E-state index is -4.55. The number of hydrogen-bond acceptors (Lipinski definition) is 5. The highest BCUT2D eigenvalue weighted by Crippen LogP contribution is 2.49. The largest absolute Gasteiger partial charge is 0.416 e. The number of Topliss-reactive ketones (excluding diaryl/α,β-unsaturated/α-hetero) is 2. The molecular formula is C43H54F4N2O4S. The fraction of sp³-hybridized carbons (Fsp3) is 0.581. The molecule has 1 aliphatic heterocycles. The summed E-state index contributed by atoms with van der Waals surface area (Å²) in [5.74, 6) is -1.28. The van der Waals surface area contributed by atoms with E-state index in [-0.39, 0.29) is 79.0 Å². The highest BCUT2D eigenvalue weighted by Gasteiger charge is 2.48. The molecule has 2 N–H and O–H groups in total. The second kappa shape index (κ2) is 18.0. The van der Waals surface area contributed by atoms with Gasteiger partial charge in [-0.2, -0.15) is 24.9 Å². The van der Waals surface area contributed by atoms with E-state index in [0.717, 1.165) is 36.0 Å². The summed E-state index contributed by atoms with van der Waals surface area (Å²) >= 11 is 1.90. The summed E-state index contributed by atoms with van der Waals surface area (Å²) < 4.78 is 56.8. The molecule has 5 rings (SSSR count). The molecule has 0 radical (unpaired) electrons. The number of hydrogen-bond donors (Lipinski definition) is 2. The standard InChI is InChI=1S/C43H54F4N2O4S/c1-5-26(3)33(22-31(50)20-30-10-7-8-13-38(30)44)41(53)49-42(17-14-29-21-35-32(36(29)24-42)11-9-12-37(35)43(45,46)47)39(51)23-34(27(4)6-2)40(52)48-25-28-15-18-54-19-16-28/h7-13,26-28,33-34H,5-6,14-25H2,1-4H3,(H,48,52)(H,49,53)/t26?,27?,33-,34-,42+/m0/s1. The number of nitrogens with one attached hydrogen (secondary N) is 2. The Bertz CT molecular complexity index is 1740. The molecule has 0 bridgehead atoms. The fourth-order valence-electron chi connectivity index (χ4n) is 8.36. The molecule has 2 aliphatic carbocycles. The second-order valence-electron chi connectivity index (χ2n) is 15.8. The number of halogens is 4. The van der Waals surface area contributed by atoms with E-state index in [4.69, 9.17) is 0 Å². The number of alkyl halides is 3. The van der Waals surface area contributed by atoms with Crippen LogP contribution in [0.4, 0.5) is 17.6 Å². The number of carbonyl (C=O) groups excluding carboxylic acids is 4. The van der Waals surface area contributed by atoms with E-state index < -0.39 is 40.8 Å². The molecule has 5 atom stereocenters. The number of fused-ring (bicyclic) bond motifs is 2. The van der Waals surface area contributed by atoms with Crippen LogP contribution in [0.1, 0.15) is 108 Å². The molecule has 294 valence electrons. The summed E-state index contributed by atoms with van der Waals surface area (Å²) in [6.45, 7) is 8.20. The van der Waals surface area contributed by atoms with E-state index in [1.54, 1.807) is 18.2 Å². The van der Waals surface area contributed by atoms with E-state index in [1.165, 1.54) is 18.2 Å². The number of carbonyl (C=O) groups is 4. The highest BCUT2D eigenvalue weighted by molar-refractivity contribution is 7.99. The number of rotatable bonds is 16. The summed E-state index contributed by atoms with van der Waals surface area (Å²) in [5.41, 5.74) is 0.0968. The first-order valence-electron chi connectivity index (χ1n) is 19.5. The molecule has 3 aliphatic rings. The summed E-state index contributed by atoms with van der Waals surface area (Å²) in [4.78, 5) is 56.5. The topological polar surface area (TPSA) is 92.3 Å². The van der Waals surface area contributed by atoms with Crippen molar-refractivity contribution in [3.8, 4) is 0 Å². The third kappa shape index (κ3) is 9.66. The zero-order chi connectivity index (χ0) is 39.2. The highest BCUT2D eigenvalue weighted by atomic mass is 32.2. The van der Waals surface area contributed by atoms with Gasteiger partial charge in [-0.3, -0.25) is 19.2 Å². The molecule has 2 aromatic carbocycles. The maximum atomic E-state index is 14.9. The Kier molecular flexibility index (Phi) is 13.9. The Balaban J connectivity index is 1.45. The van der Waals surface area contributed by atoms with E-state index in [9.17, 15) is 36.7 Å². The van der Waals surface area contributed by atoms with Gasteiger partial charge in [0, 0.05) is 44.1 Å². The van der Waals surface area contributed by atoms with Gasteiger partial charge in [0.2, 0.25) is 11.8 Å². The van der Waals surface area contributed by atoms with E-state index in [2.05, 4.69) is 10.6 Å². The number of benzene rings is 2. The maximum Gasteiger partial charge on any atom is 0.416 e. The lowest BCUT2D eigenvalue weighted by atomic mass is 9.71. The van der Waals surface area contributed by atoms with Crippen LogP contribution in [0.25, 0.3) is 5.57 Å². The van der Waals surface area contributed by atoms with Crippen LogP contribution >= 0.6 is 11.8 Å². The quantitative estimate of drug-likeness (QED) is 0.167. The van der Waals surface area contributed by atoms with Crippen molar-refractivity contribution in [3.63, 3.8) is 0 Å². The van der Waals surface area contributed by atoms with Gasteiger partial charge in [-0.15, -0.1) is 0 Å². The van der Waals surface area contributed by atoms with Crippen molar-refractivity contribution in [1.82, 2.24) is 10.6 Å². The van der Waals surface area contributed by atoms with Gasteiger partial charge in [-0.1, -0.05) is 76.4 Å². The normalized spacial score (nSPS) is 21.0. The Morgan fingerprint density at radius 3 is 2.22 bits per heavy atom. The van der Waals surface area contributed by atoms with E-state index >= 15 is 0 Å². The Hall–Kier alpha value is -3.47. The first-order valence-corrected chi connectivity index (χ1v) is 20.7. The van der Waals surface area contributed by atoms with E-state index in [1.807, 2.05) is 39.5 Å². The molecule has 54 heavy (non-hydrogen) atoms. The zero-order valence-corrected chi connectivity index (χ0v) is 32.7. The molecule has 0 saturated carbocycles. The monoisotopic (exact) mass is 770 g/mol. The third-order valence-corrected chi connectivity index (χ3v) is 13.3. The molecule has 2 amide bonds. The number of ketones is 2. The van der Waals surface area contributed by atoms with Crippen molar-refractivity contribution in [1.29, 1.82) is 0 Å². The molecular weight excluding hydrogens is 717 g/mol. The molecule has 11 heteroatoms. The first kappa shape index (κ1) is 41.7. The average Bonchev–Trinajstić information content (AvgIpc) is 3.52. The molecule has 6 nitrogen and oxygen atoms in total. The second-order valence-corrected chi connectivity index (χ2v) is 17.0. The lowest BCUT2D eigenvalue weighted by Crippen LogP contribution is -2.58. The molecule has 1 heterocycles. The maximum absolute atomic E-state index is 14.9. The smallest absolute Gasteiger partial charge is 0.356 e. The van der Waals surface area contributed by atoms with Gasteiger partial charge in [-0.05, 0) is 95.8 Å². The number of amides is 2. The Morgan fingerprint density at radius 2 is 1.57 bits per heavy atom. The summed E-state index contributed by atoms with van der Waals surface area (Å²) in [7, 11) is 0. The minimum Gasteiger partial charge on any atom is -0.356 e. The molecule has 1 fully saturated rings. The first-order chi connectivity index (χ1) is 25.7. The van der Waals surface area contributed by atoms with Gasteiger partial charge in [0.15, 0.2) is 5.78 Å². The molecule has 2 aromatic rings. The van der Waals surface area contributed by atoms with Crippen LogP contribution in [0.5, 0.6) is 0 Å². The van der Waals surface area contributed by atoms with Crippen LogP contribution in [-0.4, -0.2) is 47.0 Å². The van der Waals surface area contributed by atoms with Crippen molar-refractivity contribution < 1.29 is 36.7 Å². The minimum absolute atomic E-state index is 0.00774. The summed E-state index contributed by atoms with van der Waals surface area (Å²) in [6.07, 6.45) is -1.22. The van der Waals surface area contributed by atoms with Crippen molar-refractivity contribution in [2.45, 2.75) is 110 Å². The number of allylic oxidation sites excluding steroid dienone is 1. The van der Waals surface area contributed by atoms with Gasteiger partial charge in [0.1, 0.15) is 17.1 Å². The zero-order valence-electron chi connectivity index (χ0n) is 31.9. The van der Waals surface area contributed by atoms with Gasteiger partial charge in [-0.25, -0.2) is 4.39 Å². The Labute approximate surface area is 321 Å². The van der Waals surface area contributed by atoms with Crippen molar-refractivity contribution in [2.75, 3.05) is 18.1 Å². The fourth-order valence-corrected chi connectivity index (χ4v) is 9.56. The SMILES string of the molecule is CCC(C)[C@H](CC(=O)[C@@]1(NC(=O)[C@@H](CC(=O)Cc2ccccc2F)C(C)CC)CCC2=C(C1)c1cccc(C(F)(F)F)c1C2)C(=O)NCC1CCSCC1. The Morgan fingerprint density at radius 1 is 0.907 bits per heavy atom. The van der Waals surface area contributed by atoms with Crippen molar-refractivity contribution in [2.24, 2.45) is 29.6 Å². The van der Waals surface area contributed by atoms with Crippen LogP contribution in [0.3, 0.4) is 0 Å². The molecule has 2 unspecified atom stereocenters. The lowest BCUT2D eigenvalue weighted by Gasteiger charge is -2.40. The molecule has 0 aromatic heterocycles.